The molecule has 2 aromatic rings. The van der Waals surface area contributed by atoms with Crippen LogP contribution in [0, 0.1) is 0 Å². The molecule has 0 heterocycles. The smallest absolute Gasteiger partial charge is 0.207 e. The van der Waals surface area contributed by atoms with Crippen LogP contribution < -0.4 is 0 Å². The van der Waals surface area contributed by atoms with Gasteiger partial charge in [0.25, 0.3) is 9.05 Å². The van der Waals surface area contributed by atoms with Gasteiger partial charge >= 0.3 is 12.4 Å². The minimum atomic E-state index is -4.96. The van der Waals surface area contributed by atoms with E-state index >= 15 is 0 Å². The van der Waals surface area contributed by atoms with Crippen LogP contribution in [-0.4, -0.2) is 8.42 Å². The van der Waals surface area contributed by atoms with E-state index in [1.165, 1.54) is 0 Å². The van der Waals surface area contributed by atoms with Crippen LogP contribution in [0.2, 0.25) is 0 Å². The maximum Gasteiger partial charge on any atom is 0.416 e. The van der Waals surface area contributed by atoms with Gasteiger partial charge in [-0.05, 0) is 41.5 Å². The van der Waals surface area contributed by atoms with Crippen LogP contribution >= 0.6 is 10.7 Å². The third-order valence-corrected chi connectivity index (χ3v) is 4.43. The topological polar surface area (TPSA) is 34.1 Å². The summed E-state index contributed by atoms with van der Waals surface area (Å²) in [5.74, 6) is 0. The van der Waals surface area contributed by atoms with Gasteiger partial charge < -0.3 is 0 Å². The van der Waals surface area contributed by atoms with Gasteiger partial charge in [-0.3, -0.25) is 0 Å². The van der Waals surface area contributed by atoms with Crippen LogP contribution in [0.3, 0.4) is 0 Å². The molecule has 0 atom stereocenters. The van der Waals surface area contributed by atoms with E-state index in [4.69, 9.17) is 10.7 Å². The molecule has 0 radical (unpaired) electrons. The molecule has 0 aliphatic heterocycles. The van der Waals surface area contributed by atoms with Crippen LogP contribution in [0.1, 0.15) is 11.1 Å². The van der Waals surface area contributed by atoms with Crippen molar-refractivity contribution >= 4 is 19.7 Å². The Balaban J connectivity index is 2.61. The van der Waals surface area contributed by atoms with Crippen molar-refractivity contribution in [2.45, 2.75) is 17.2 Å². The van der Waals surface area contributed by atoms with Crippen LogP contribution in [0.5, 0.6) is 0 Å². The SMILES string of the molecule is O=S(=O)(Cl)c1ccc(-c2cc(C(F)(F)F)cc(C(F)(F)F)c2)cc1. The van der Waals surface area contributed by atoms with Crippen molar-refractivity contribution in [1.82, 2.24) is 0 Å². The number of rotatable bonds is 2. The lowest BCUT2D eigenvalue weighted by molar-refractivity contribution is -0.143. The average Bonchev–Trinajstić information content (AvgIpc) is 2.44. The monoisotopic (exact) mass is 388 g/mol. The van der Waals surface area contributed by atoms with Crippen molar-refractivity contribution in [3.8, 4) is 11.1 Å². The van der Waals surface area contributed by atoms with E-state index in [1.54, 1.807) is 0 Å². The summed E-state index contributed by atoms with van der Waals surface area (Å²) in [7, 11) is 1.05. The molecule has 10 heteroatoms. The molecule has 0 bridgehead atoms. The maximum absolute atomic E-state index is 12.8. The number of hydrogen-bond donors (Lipinski definition) is 0. The van der Waals surface area contributed by atoms with Crippen molar-refractivity contribution in [3.63, 3.8) is 0 Å². The zero-order valence-electron chi connectivity index (χ0n) is 11.4. The van der Waals surface area contributed by atoms with Gasteiger partial charge in [0.2, 0.25) is 0 Å². The largest absolute Gasteiger partial charge is 0.416 e. The van der Waals surface area contributed by atoms with Gasteiger partial charge in [0.15, 0.2) is 0 Å². The first-order valence-electron chi connectivity index (χ1n) is 6.13. The van der Waals surface area contributed by atoms with Gasteiger partial charge in [-0.15, -0.1) is 0 Å². The second-order valence-electron chi connectivity index (χ2n) is 4.76. The molecule has 2 rings (SSSR count). The van der Waals surface area contributed by atoms with E-state index in [0.717, 1.165) is 24.3 Å². The van der Waals surface area contributed by atoms with E-state index in [1.807, 2.05) is 0 Å². The van der Waals surface area contributed by atoms with Crippen molar-refractivity contribution in [3.05, 3.63) is 53.6 Å². The summed E-state index contributed by atoms with van der Waals surface area (Å²) in [6.07, 6.45) is -9.93. The summed E-state index contributed by atoms with van der Waals surface area (Å²) >= 11 is 0. The minimum absolute atomic E-state index is 0.0150. The van der Waals surface area contributed by atoms with Crippen molar-refractivity contribution in [1.29, 1.82) is 0 Å². The van der Waals surface area contributed by atoms with Gasteiger partial charge in [0.1, 0.15) is 0 Å². The predicted octanol–water partition coefficient (Wildman–Crippen LogP) is 5.32. The minimum Gasteiger partial charge on any atom is -0.207 e. The fourth-order valence-electron chi connectivity index (χ4n) is 1.93. The molecule has 130 valence electrons. The predicted molar refractivity (Wildman–Crippen MR) is 74.9 cm³/mol. The molecule has 0 saturated carbocycles. The van der Waals surface area contributed by atoms with E-state index in [2.05, 4.69) is 0 Å². The van der Waals surface area contributed by atoms with E-state index < -0.39 is 32.5 Å². The lowest BCUT2D eigenvalue weighted by Gasteiger charge is -2.14. The van der Waals surface area contributed by atoms with Crippen LogP contribution in [-0.2, 0) is 21.4 Å². The Bertz CT molecular complexity index is 822. The Morgan fingerprint density at radius 3 is 1.46 bits per heavy atom. The van der Waals surface area contributed by atoms with Gasteiger partial charge in [0.05, 0.1) is 16.0 Å². The third kappa shape index (κ3) is 4.21. The summed E-state index contributed by atoms with van der Waals surface area (Å²) in [6.45, 7) is 0. The number of hydrogen-bond acceptors (Lipinski definition) is 2. The average molecular weight is 389 g/mol. The van der Waals surface area contributed by atoms with Crippen LogP contribution in [0.25, 0.3) is 11.1 Å². The van der Waals surface area contributed by atoms with Gasteiger partial charge in [-0.1, -0.05) is 12.1 Å². The molecule has 0 aliphatic rings. The Morgan fingerprint density at radius 1 is 0.708 bits per heavy atom. The third-order valence-electron chi connectivity index (χ3n) is 3.06. The molecule has 0 aliphatic carbocycles. The van der Waals surface area contributed by atoms with Crippen LogP contribution in [0.4, 0.5) is 26.3 Å². The normalized spacial score (nSPS) is 13.1. The van der Waals surface area contributed by atoms with Crippen LogP contribution in [0.15, 0.2) is 47.4 Å². The summed E-state index contributed by atoms with van der Waals surface area (Å²) in [4.78, 5) is -0.323. The molecule has 24 heavy (non-hydrogen) atoms. The van der Waals surface area contributed by atoms with Gasteiger partial charge in [-0.2, -0.15) is 26.3 Å². The Morgan fingerprint density at radius 2 is 1.12 bits per heavy atom. The van der Waals surface area contributed by atoms with Gasteiger partial charge in [0, 0.05) is 10.7 Å². The quantitative estimate of drug-likeness (QED) is 0.515. The molecule has 0 aromatic heterocycles. The standard InChI is InChI=1S/C14H7ClF6O2S/c15-24(22,23)12-3-1-8(2-4-12)9-5-10(13(16,17)18)7-11(6-9)14(19,20)21/h1-7H. The maximum atomic E-state index is 12.8. The lowest BCUT2D eigenvalue weighted by atomic mass is 9.99. The second kappa shape index (κ2) is 5.96. The molecule has 2 aromatic carbocycles. The number of alkyl halides is 6. The molecule has 0 fully saturated rings. The second-order valence-corrected chi connectivity index (χ2v) is 7.32. The van der Waals surface area contributed by atoms with Crippen molar-refractivity contribution in [2.24, 2.45) is 0 Å². The Labute approximate surface area is 137 Å². The fourth-order valence-corrected chi connectivity index (χ4v) is 2.70. The number of benzene rings is 2. The molecule has 2 nitrogen and oxygen atoms in total. The van der Waals surface area contributed by atoms with E-state index in [0.29, 0.717) is 12.1 Å². The molecular formula is C14H7ClF6O2S. The summed E-state index contributed by atoms with van der Waals surface area (Å²) in [6, 6.07) is 5.26. The lowest BCUT2D eigenvalue weighted by Crippen LogP contribution is -2.11. The summed E-state index contributed by atoms with van der Waals surface area (Å²) in [5, 5.41) is 0. The van der Waals surface area contributed by atoms with Gasteiger partial charge in [-0.25, -0.2) is 8.42 Å². The highest BCUT2D eigenvalue weighted by Gasteiger charge is 2.37. The van der Waals surface area contributed by atoms with Crippen molar-refractivity contribution < 1.29 is 34.8 Å². The molecular weight excluding hydrogens is 382 g/mol. The van der Waals surface area contributed by atoms with Crippen molar-refractivity contribution in [2.75, 3.05) is 0 Å². The highest BCUT2D eigenvalue weighted by molar-refractivity contribution is 8.13. The summed E-state index contributed by atoms with van der Waals surface area (Å²) < 4.78 is 99.1. The Kier molecular flexibility index (Phi) is 4.62. The first-order chi connectivity index (χ1) is 10.8. The zero-order valence-corrected chi connectivity index (χ0v) is 13.0. The molecule has 0 N–H and O–H groups in total. The fraction of sp³-hybridized carbons (Fsp3) is 0.143. The highest BCUT2D eigenvalue weighted by Crippen LogP contribution is 2.38. The molecule has 0 unspecified atom stereocenters. The first kappa shape index (κ1) is 18.6. The molecule has 0 spiro atoms. The summed E-state index contributed by atoms with van der Waals surface area (Å²) in [5.41, 5.74) is -3.28. The number of halogens is 7. The Hall–Kier alpha value is -1.74. The zero-order chi connectivity index (χ0) is 18.3. The van der Waals surface area contributed by atoms with E-state index in [-0.39, 0.29) is 22.1 Å². The van der Waals surface area contributed by atoms with E-state index in [9.17, 15) is 34.8 Å². The molecule has 0 saturated heterocycles. The molecule has 0 amide bonds. The highest BCUT2D eigenvalue weighted by atomic mass is 35.7. The first-order valence-corrected chi connectivity index (χ1v) is 8.44.